The SMILES string of the molecule is O=C1[C@H]2CC=CC[C@@H]2C(=O)N1c1nc2n(n1)[C@@H](c1ccc(F)cc1)C[C@H](c1ccccc1)N2. The Morgan fingerprint density at radius 2 is 1.55 bits per heavy atom. The second-order valence-corrected chi connectivity index (χ2v) is 8.76. The van der Waals surface area contributed by atoms with E-state index in [0.29, 0.717) is 25.2 Å². The lowest BCUT2D eigenvalue weighted by molar-refractivity contribution is -0.122. The molecule has 0 unspecified atom stereocenters. The average molecular weight is 443 g/mol. The molecule has 2 aliphatic heterocycles. The number of aromatic nitrogens is 3. The molecule has 0 saturated carbocycles. The van der Waals surface area contributed by atoms with Gasteiger partial charge in [-0.2, -0.15) is 4.98 Å². The zero-order valence-electron chi connectivity index (χ0n) is 17.8. The van der Waals surface area contributed by atoms with Crippen molar-refractivity contribution in [2.75, 3.05) is 10.2 Å². The number of benzene rings is 2. The summed E-state index contributed by atoms with van der Waals surface area (Å²) in [5.74, 6) is -0.903. The number of carbonyl (C=O) groups excluding carboxylic acids is 2. The number of nitrogens with one attached hydrogen (secondary N) is 1. The third kappa shape index (κ3) is 3.25. The van der Waals surface area contributed by atoms with Crippen molar-refractivity contribution < 1.29 is 14.0 Å². The van der Waals surface area contributed by atoms with Crippen molar-refractivity contribution in [3.63, 3.8) is 0 Å². The fourth-order valence-corrected chi connectivity index (χ4v) is 5.12. The standard InChI is InChI=1S/C25H22FN5O2/c26-17-12-10-16(11-13-17)21-14-20(15-6-2-1-3-7-15)27-24-28-25(29-31(21)24)30-22(32)18-8-4-5-9-19(18)23(30)33/h1-7,10-13,18-21H,8-9,14H2,(H,27,28,29)/t18-,19-,20+,21+/m0/s1. The highest BCUT2D eigenvalue weighted by atomic mass is 19.1. The van der Waals surface area contributed by atoms with E-state index in [1.165, 1.54) is 12.1 Å². The fraction of sp³-hybridized carbons (Fsp3) is 0.280. The van der Waals surface area contributed by atoms with Crippen LogP contribution in [0.5, 0.6) is 0 Å². The second kappa shape index (κ2) is 7.65. The van der Waals surface area contributed by atoms with E-state index in [0.717, 1.165) is 16.0 Å². The van der Waals surface area contributed by atoms with Crippen LogP contribution < -0.4 is 10.2 Å². The van der Waals surface area contributed by atoms with Gasteiger partial charge in [-0.1, -0.05) is 54.6 Å². The number of nitrogens with zero attached hydrogens (tertiary/aromatic N) is 4. The van der Waals surface area contributed by atoms with E-state index in [9.17, 15) is 14.0 Å². The average Bonchev–Trinajstić information content (AvgIpc) is 3.38. The molecule has 6 rings (SSSR count). The van der Waals surface area contributed by atoms with Crippen molar-refractivity contribution in [2.24, 2.45) is 11.8 Å². The topological polar surface area (TPSA) is 80.1 Å². The summed E-state index contributed by atoms with van der Waals surface area (Å²) in [7, 11) is 0. The summed E-state index contributed by atoms with van der Waals surface area (Å²) >= 11 is 0. The lowest BCUT2D eigenvalue weighted by atomic mass is 9.85. The molecular formula is C25H22FN5O2. The summed E-state index contributed by atoms with van der Waals surface area (Å²) in [5.41, 5.74) is 1.97. The van der Waals surface area contributed by atoms with E-state index in [1.807, 2.05) is 42.5 Å². The molecule has 1 aliphatic carbocycles. The zero-order chi connectivity index (χ0) is 22.5. The normalized spacial score (nSPS) is 26.2. The summed E-state index contributed by atoms with van der Waals surface area (Å²) in [6.45, 7) is 0. The van der Waals surface area contributed by atoms with Crippen LogP contribution in [0.25, 0.3) is 0 Å². The van der Waals surface area contributed by atoms with Gasteiger partial charge in [0.1, 0.15) is 5.82 Å². The maximum Gasteiger partial charge on any atom is 0.260 e. The van der Waals surface area contributed by atoms with Gasteiger partial charge in [0.25, 0.3) is 5.95 Å². The molecular weight excluding hydrogens is 421 g/mol. The largest absolute Gasteiger partial charge is 0.347 e. The van der Waals surface area contributed by atoms with Gasteiger partial charge in [0.15, 0.2) is 0 Å². The second-order valence-electron chi connectivity index (χ2n) is 8.76. The van der Waals surface area contributed by atoms with Crippen LogP contribution in [0.2, 0.25) is 0 Å². The van der Waals surface area contributed by atoms with E-state index in [4.69, 9.17) is 0 Å². The summed E-state index contributed by atoms with van der Waals surface area (Å²) in [6, 6.07) is 16.1. The number of hydrogen-bond donors (Lipinski definition) is 1. The minimum atomic E-state index is -0.346. The molecule has 0 radical (unpaired) electrons. The lowest BCUT2D eigenvalue weighted by Gasteiger charge is -2.31. The molecule has 33 heavy (non-hydrogen) atoms. The highest BCUT2D eigenvalue weighted by Crippen LogP contribution is 2.41. The molecule has 8 heteroatoms. The van der Waals surface area contributed by atoms with Crippen molar-refractivity contribution in [3.8, 4) is 0 Å². The Morgan fingerprint density at radius 1 is 0.879 bits per heavy atom. The van der Waals surface area contributed by atoms with E-state index in [2.05, 4.69) is 15.4 Å². The molecule has 4 atom stereocenters. The molecule has 3 heterocycles. The Bertz CT molecular complexity index is 1230. The predicted molar refractivity (Wildman–Crippen MR) is 120 cm³/mol. The highest BCUT2D eigenvalue weighted by molar-refractivity contribution is 6.21. The minimum Gasteiger partial charge on any atom is -0.347 e. The van der Waals surface area contributed by atoms with Crippen LogP contribution >= 0.6 is 0 Å². The summed E-state index contributed by atoms with van der Waals surface area (Å²) in [4.78, 5) is 31.9. The molecule has 1 fully saturated rings. The lowest BCUT2D eigenvalue weighted by Crippen LogP contribution is -2.32. The number of carbonyl (C=O) groups is 2. The van der Waals surface area contributed by atoms with Crippen LogP contribution in [0, 0.1) is 17.7 Å². The van der Waals surface area contributed by atoms with Gasteiger partial charge in [-0.05, 0) is 42.5 Å². The van der Waals surface area contributed by atoms with Crippen LogP contribution in [0.4, 0.5) is 16.3 Å². The van der Waals surface area contributed by atoms with Crippen LogP contribution in [-0.4, -0.2) is 26.6 Å². The first-order valence-corrected chi connectivity index (χ1v) is 11.2. The van der Waals surface area contributed by atoms with Crippen molar-refractivity contribution >= 4 is 23.7 Å². The Kier molecular flexibility index (Phi) is 4.60. The van der Waals surface area contributed by atoms with Crippen LogP contribution in [-0.2, 0) is 9.59 Å². The zero-order valence-corrected chi connectivity index (χ0v) is 17.8. The van der Waals surface area contributed by atoms with Crippen molar-refractivity contribution in [1.29, 1.82) is 0 Å². The number of anilines is 2. The molecule has 3 aromatic rings. The van der Waals surface area contributed by atoms with Gasteiger partial charge in [0.2, 0.25) is 17.8 Å². The van der Waals surface area contributed by atoms with E-state index < -0.39 is 0 Å². The van der Waals surface area contributed by atoms with Gasteiger partial charge < -0.3 is 5.32 Å². The smallest absolute Gasteiger partial charge is 0.260 e. The summed E-state index contributed by atoms with van der Waals surface area (Å²) in [6.07, 6.45) is 5.69. The Hall–Kier alpha value is -3.81. The van der Waals surface area contributed by atoms with E-state index in [-0.39, 0.29) is 47.5 Å². The molecule has 3 aliphatic rings. The van der Waals surface area contributed by atoms with E-state index in [1.54, 1.807) is 16.8 Å². The third-order valence-electron chi connectivity index (χ3n) is 6.84. The number of allylic oxidation sites excluding steroid dienone is 2. The quantitative estimate of drug-likeness (QED) is 0.489. The number of imide groups is 1. The number of rotatable bonds is 3. The maximum absolute atomic E-state index is 13.6. The molecule has 2 amide bonds. The molecule has 1 N–H and O–H groups in total. The van der Waals surface area contributed by atoms with Crippen molar-refractivity contribution in [1.82, 2.24) is 14.8 Å². The molecule has 1 aromatic heterocycles. The number of amides is 2. The van der Waals surface area contributed by atoms with Crippen LogP contribution in [0.1, 0.15) is 42.5 Å². The van der Waals surface area contributed by atoms with Crippen LogP contribution in [0.3, 0.4) is 0 Å². The molecule has 0 spiro atoms. The monoisotopic (exact) mass is 443 g/mol. The van der Waals surface area contributed by atoms with Gasteiger partial charge >= 0.3 is 0 Å². The Morgan fingerprint density at radius 3 is 2.21 bits per heavy atom. The van der Waals surface area contributed by atoms with Gasteiger partial charge in [0, 0.05) is 0 Å². The first-order valence-electron chi connectivity index (χ1n) is 11.2. The third-order valence-corrected chi connectivity index (χ3v) is 6.84. The van der Waals surface area contributed by atoms with Gasteiger partial charge in [-0.15, -0.1) is 5.10 Å². The van der Waals surface area contributed by atoms with Gasteiger partial charge in [-0.25, -0.2) is 14.0 Å². The minimum absolute atomic E-state index is 0.0532. The summed E-state index contributed by atoms with van der Waals surface area (Å²) in [5, 5.41) is 8.03. The fourth-order valence-electron chi connectivity index (χ4n) is 5.12. The van der Waals surface area contributed by atoms with Crippen molar-refractivity contribution in [3.05, 3.63) is 83.7 Å². The molecule has 1 saturated heterocycles. The van der Waals surface area contributed by atoms with Gasteiger partial charge in [0.05, 0.1) is 23.9 Å². The number of hydrogen-bond acceptors (Lipinski definition) is 5. The predicted octanol–water partition coefficient (Wildman–Crippen LogP) is 4.02. The first kappa shape index (κ1) is 19.8. The molecule has 2 aromatic carbocycles. The van der Waals surface area contributed by atoms with E-state index >= 15 is 0 Å². The van der Waals surface area contributed by atoms with Crippen molar-refractivity contribution in [2.45, 2.75) is 31.3 Å². The number of halogens is 1. The molecule has 0 bridgehead atoms. The Balaban J connectivity index is 1.41. The number of fused-ring (bicyclic) bond motifs is 2. The van der Waals surface area contributed by atoms with Gasteiger partial charge in [-0.3, -0.25) is 9.59 Å². The summed E-state index contributed by atoms with van der Waals surface area (Å²) < 4.78 is 15.3. The maximum atomic E-state index is 13.6. The first-order chi connectivity index (χ1) is 16.1. The molecule has 166 valence electrons. The highest BCUT2D eigenvalue weighted by Gasteiger charge is 2.49. The van der Waals surface area contributed by atoms with Crippen LogP contribution in [0.15, 0.2) is 66.7 Å². The Labute approximate surface area is 189 Å². The molecule has 7 nitrogen and oxygen atoms in total.